The first kappa shape index (κ1) is 10.6. The van der Waals surface area contributed by atoms with Gasteiger partial charge in [-0.25, -0.2) is 9.79 Å². The zero-order chi connectivity index (χ0) is 11.5. The van der Waals surface area contributed by atoms with Crippen LogP contribution in [-0.2, 0) is 9.53 Å². The van der Waals surface area contributed by atoms with Crippen LogP contribution in [0.5, 0.6) is 0 Å². The minimum Gasteiger partial charge on any atom is -0.479 e. The molecule has 0 aliphatic carbocycles. The maximum atomic E-state index is 10.6. The van der Waals surface area contributed by atoms with E-state index in [0.717, 1.165) is 0 Å². The molecule has 2 N–H and O–H groups in total. The van der Waals surface area contributed by atoms with Gasteiger partial charge in [0.2, 0.25) is 5.90 Å². The topological polar surface area (TPSA) is 79.1 Å². The molecule has 1 atom stereocenters. The van der Waals surface area contributed by atoms with Crippen molar-refractivity contribution in [3.8, 4) is 0 Å². The first-order chi connectivity index (χ1) is 7.68. The maximum absolute atomic E-state index is 10.6. The summed E-state index contributed by atoms with van der Waals surface area (Å²) in [7, 11) is 0. The zero-order valence-electron chi connectivity index (χ0n) is 8.46. The largest absolute Gasteiger partial charge is 0.479 e. The van der Waals surface area contributed by atoms with Crippen LogP contribution in [-0.4, -0.2) is 35.2 Å². The van der Waals surface area contributed by atoms with E-state index < -0.39 is 12.1 Å². The lowest BCUT2D eigenvalue weighted by atomic mass is 10.1. The lowest BCUT2D eigenvalue weighted by Gasteiger charge is -2.07. The summed E-state index contributed by atoms with van der Waals surface area (Å²) in [5.41, 5.74) is 1.01. The van der Waals surface area contributed by atoms with Gasteiger partial charge in [0.1, 0.15) is 6.61 Å². The van der Waals surface area contributed by atoms with E-state index in [2.05, 4.69) is 4.99 Å². The Bertz CT molecular complexity index is 441. The third-order valence-corrected chi connectivity index (χ3v) is 2.27. The molecule has 16 heavy (non-hydrogen) atoms. The monoisotopic (exact) mass is 221 g/mol. The molecular formula is C11H11NO4. The van der Waals surface area contributed by atoms with Crippen molar-refractivity contribution in [3.05, 3.63) is 35.4 Å². The van der Waals surface area contributed by atoms with Crippen LogP contribution in [0.1, 0.15) is 17.2 Å². The van der Waals surface area contributed by atoms with Crippen LogP contribution in [0, 0.1) is 0 Å². The molecule has 1 unspecified atom stereocenters. The number of aliphatic carboxylic acids is 1. The average molecular weight is 221 g/mol. The van der Waals surface area contributed by atoms with Crippen molar-refractivity contribution in [3.63, 3.8) is 0 Å². The molecule has 0 fully saturated rings. The molecule has 0 amide bonds. The quantitative estimate of drug-likeness (QED) is 0.782. The number of aliphatic hydroxyl groups is 1. The maximum Gasteiger partial charge on any atom is 0.337 e. The molecule has 1 aromatic rings. The van der Waals surface area contributed by atoms with E-state index in [1.807, 2.05) is 0 Å². The SMILES string of the molecule is O=C(O)C(O)c1cccc(C2=NCCO2)c1. The molecule has 0 saturated carbocycles. The molecule has 1 aliphatic rings. The Labute approximate surface area is 92.0 Å². The highest BCUT2D eigenvalue weighted by molar-refractivity contribution is 5.95. The van der Waals surface area contributed by atoms with Gasteiger partial charge in [0.05, 0.1) is 6.54 Å². The highest BCUT2D eigenvalue weighted by Gasteiger charge is 2.18. The lowest BCUT2D eigenvalue weighted by molar-refractivity contribution is -0.146. The molecule has 0 saturated heterocycles. The van der Waals surface area contributed by atoms with Crippen LogP contribution >= 0.6 is 0 Å². The fraction of sp³-hybridized carbons (Fsp3) is 0.273. The summed E-state index contributed by atoms with van der Waals surface area (Å²) >= 11 is 0. The van der Waals surface area contributed by atoms with Gasteiger partial charge in [0.25, 0.3) is 0 Å². The van der Waals surface area contributed by atoms with E-state index in [0.29, 0.717) is 30.2 Å². The summed E-state index contributed by atoms with van der Waals surface area (Å²) in [6, 6.07) is 6.56. The highest BCUT2D eigenvalue weighted by Crippen LogP contribution is 2.16. The second-order valence-electron chi connectivity index (χ2n) is 3.40. The third kappa shape index (κ3) is 2.04. The summed E-state index contributed by atoms with van der Waals surface area (Å²) in [5, 5.41) is 18.1. The van der Waals surface area contributed by atoms with Crippen LogP contribution in [0.15, 0.2) is 29.3 Å². The van der Waals surface area contributed by atoms with Gasteiger partial charge in [-0.2, -0.15) is 0 Å². The van der Waals surface area contributed by atoms with Crippen LogP contribution in [0.2, 0.25) is 0 Å². The van der Waals surface area contributed by atoms with E-state index >= 15 is 0 Å². The first-order valence-corrected chi connectivity index (χ1v) is 4.87. The molecular weight excluding hydrogens is 210 g/mol. The predicted octanol–water partition coefficient (Wildman–Crippen LogP) is 0.581. The number of aliphatic hydroxyl groups excluding tert-OH is 1. The van der Waals surface area contributed by atoms with Crippen molar-refractivity contribution >= 4 is 11.9 Å². The second kappa shape index (κ2) is 4.32. The van der Waals surface area contributed by atoms with Crippen molar-refractivity contribution in [2.75, 3.05) is 13.2 Å². The van der Waals surface area contributed by atoms with E-state index in [9.17, 15) is 9.90 Å². The van der Waals surface area contributed by atoms with Crippen molar-refractivity contribution < 1.29 is 19.7 Å². The number of carboxylic acid groups (broad SMARTS) is 1. The van der Waals surface area contributed by atoms with Gasteiger partial charge in [0, 0.05) is 5.56 Å². The predicted molar refractivity (Wildman–Crippen MR) is 56.4 cm³/mol. The Morgan fingerprint density at radius 3 is 2.94 bits per heavy atom. The fourth-order valence-electron chi connectivity index (χ4n) is 1.49. The minimum absolute atomic E-state index is 0.322. The molecule has 84 valence electrons. The van der Waals surface area contributed by atoms with Crippen LogP contribution < -0.4 is 0 Å². The number of carboxylic acids is 1. The van der Waals surface area contributed by atoms with Gasteiger partial charge in [-0.15, -0.1) is 0 Å². The molecule has 0 spiro atoms. The molecule has 5 nitrogen and oxygen atoms in total. The zero-order valence-corrected chi connectivity index (χ0v) is 8.46. The Balaban J connectivity index is 2.29. The number of nitrogens with zero attached hydrogens (tertiary/aromatic N) is 1. The Morgan fingerprint density at radius 2 is 2.31 bits per heavy atom. The summed E-state index contributed by atoms with van der Waals surface area (Å²) in [6.07, 6.45) is -1.51. The van der Waals surface area contributed by atoms with Crippen LogP contribution in [0.4, 0.5) is 0 Å². The molecule has 1 heterocycles. The standard InChI is InChI=1S/C11H11NO4/c13-9(11(14)15)7-2-1-3-8(6-7)10-12-4-5-16-10/h1-3,6,9,13H,4-5H2,(H,14,15). The van der Waals surface area contributed by atoms with Gasteiger partial charge in [-0.05, 0) is 17.7 Å². The number of hydrogen-bond donors (Lipinski definition) is 2. The number of hydrogen-bond acceptors (Lipinski definition) is 4. The number of rotatable bonds is 3. The van der Waals surface area contributed by atoms with Gasteiger partial charge >= 0.3 is 5.97 Å². The smallest absolute Gasteiger partial charge is 0.337 e. The summed E-state index contributed by atoms with van der Waals surface area (Å²) < 4.78 is 5.26. The van der Waals surface area contributed by atoms with Gasteiger partial charge in [0.15, 0.2) is 6.10 Å². The van der Waals surface area contributed by atoms with Gasteiger partial charge in [-0.3, -0.25) is 0 Å². The average Bonchev–Trinajstić information content (AvgIpc) is 2.81. The summed E-state index contributed by atoms with van der Waals surface area (Å²) in [5.74, 6) is -0.772. The normalized spacial score (nSPS) is 16.4. The number of ether oxygens (including phenoxy) is 1. The van der Waals surface area contributed by atoms with E-state index in [-0.39, 0.29) is 0 Å². The molecule has 5 heteroatoms. The molecule has 1 aliphatic heterocycles. The Hall–Kier alpha value is -1.88. The van der Waals surface area contributed by atoms with Crippen molar-refractivity contribution in [2.24, 2.45) is 4.99 Å². The first-order valence-electron chi connectivity index (χ1n) is 4.87. The van der Waals surface area contributed by atoms with Crippen molar-refractivity contribution in [1.82, 2.24) is 0 Å². The molecule has 0 radical (unpaired) electrons. The van der Waals surface area contributed by atoms with Gasteiger partial charge < -0.3 is 14.9 Å². The van der Waals surface area contributed by atoms with E-state index in [4.69, 9.17) is 9.84 Å². The second-order valence-corrected chi connectivity index (χ2v) is 3.40. The van der Waals surface area contributed by atoms with Gasteiger partial charge in [-0.1, -0.05) is 12.1 Å². The summed E-state index contributed by atoms with van der Waals surface area (Å²) in [6.45, 7) is 1.15. The number of benzene rings is 1. The Morgan fingerprint density at radius 1 is 1.50 bits per heavy atom. The van der Waals surface area contributed by atoms with Crippen molar-refractivity contribution in [1.29, 1.82) is 0 Å². The van der Waals surface area contributed by atoms with Crippen LogP contribution in [0.3, 0.4) is 0 Å². The van der Waals surface area contributed by atoms with E-state index in [1.165, 1.54) is 0 Å². The van der Waals surface area contributed by atoms with Crippen LogP contribution in [0.25, 0.3) is 0 Å². The third-order valence-electron chi connectivity index (χ3n) is 2.27. The lowest BCUT2D eigenvalue weighted by Crippen LogP contribution is -2.11. The fourth-order valence-corrected chi connectivity index (χ4v) is 1.49. The molecule has 1 aromatic carbocycles. The van der Waals surface area contributed by atoms with Crippen molar-refractivity contribution in [2.45, 2.75) is 6.10 Å². The number of aliphatic imine (C=N–C) groups is 1. The molecule has 2 rings (SSSR count). The Kier molecular flexibility index (Phi) is 2.87. The summed E-state index contributed by atoms with van der Waals surface area (Å²) in [4.78, 5) is 14.7. The number of carbonyl (C=O) groups is 1. The minimum atomic E-state index is -1.51. The molecule has 0 bridgehead atoms. The van der Waals surface area contributed by atoms with E-state index in [1.54, 1.807) is 24.3 Å². The highest BCUT2D eigenvalue weighted by atomic mass is 16.5. The molecule has 0 aromatic heterocycles.